The van der Waals surface area contributed by atoms with Crippen LogP contribution in [0.5, 0.6) is 0 Å². The van der Waals surface area contributed by atoms with Crippen LogP contribution >= 0.6 is 0 Å². The SMILES string of the molecule is CN(CC1CCOCC1)C(=O)c1cccc2cc[nH]c12. The molecule has 0 saturated carbocycles. The summed E-state index contributed by atoms with van der Waals surface area (Å²) in [5.41, 5.74) is 1.68. The Morgan fingerprint density at radius 1 is 1.35 bits per heavy atom. The van der Waals surface area contributed by atoms with Gasteiger partial charge in [-0.2, -0.15) is 0 Å². The molecule has 3 rings (SSSR count). The number of fused-ring (bicyclic) bond motifs is 1. The van der Waals surface area contributed by atoms with Gasteiger partial charge in [0.1, 0.15) is 0 Å². The molecule has 0 atom stereocenters. The molecule has 1 aromatic carbocycles. The van der Waals surface area contributed by atoms with E-state index < -0.39 is 0 Å². The minimum absolute atomic E-state index is 0.0875. The number of carbonyl (C=O) groups excluding carboxylic acids is 1. The molecule has 1 saturated heterocycles. The Labute approximate surface area is 118 Å². The van der Waals surface area contributed by atoms with Gasteiger partial charge in [0.15, 0.2) is 0 Å². The van der Waals surface area contributed by atoms with Gasteiger partial charge in [-0.25, -0.2) is 0 Å². The van der Waals surface area contributed by atoms with Crippen LogP contribution in [0, 0.1) is 5.92 Å². The number of benzene rings is 1. The lowest BCUT2D eigenvalue weighted by Gasteiger charge is -2.27. The largest absolute Gasteiger partial charge is 0.381 e. The molecule has 1 aliphatic heterocycles. The second-order valence-electron chi connectivity index (χ2n) is 5.49. The van der Waals surface area contributed by atoms with Crippen LogP contribution in [0.2, 0.25) is 0 Å². The first-order valence-corrected chi connectivity index (χ1v) is 7.15. The maximum Gasteiger partial charge on any atom is 0.255 e. The maximum absolute atomic E-state index is 12.6. The van der Waals surface area contributed by atoms with E-state index in [1.807, 2.05) is 42.4 Å². The lowest BCUT2D eigenvalue weighted by Crippen LogP contribution is -2.34. The molecule has 1 aliphatic rings. The fraction of sp³-hybridized carbons (Fsp3) is 0.438. The van der Waals surface area contributed by atoms with E-state index in [2.05, 4.69) is 4.98 Å². The van der Waals surface area contributed by atoms with Crippen molar-refractivity contribution in [3.05, 3.63) is 36.0 Å². The highest BCUT2D eigenvalue weighted by Crippen LogP contribution is 2.20. The minimum atomic E-state index is 0.0875. The number of para-hydroxylation sites is 1. The molecule has 2 heterocycles. The van der Waals surface area contributed by atoms with E-state index in [1.54, 1.807) is 0 Å². The van der Waals surface area contributed by atoms with Crippen molar-refractivity contribution in [1.82, 2.24) is 9.88 Å². The van der Waals surface area contributed by atoms with Crippen molar-refractivity contribution in [2.75, 3.05) is 26.8 Å². The van der Waals surface area contributed by atoms with Crippen molar-refractivity contribution < 1.29 is 9.53 Å². The molecule has 0 spiro atoms. The van der Waals surface area contributed by atoms with Crippen LogP contribution in [0.15, 0.2) is 30.5 Å². The second-order valence-corrected chi connectivity index (χ2v) is 5.49. The first-order chi connectivity index (χ1) is 9.75. The number of hydrogen-bond acceptors (Lipinski definition) is 2. The van der Waals surface area contributed by atoms with Crippen molar-refractivity contribution in [2.24, 2.45) is 5.92 Å². The zero-order chi connectivity index (χ0) is 13.9. The normalized spacial score (nSPS) is 16.4. The lowest BCUT2D eigenvalue weighted by atomic mass is 9.99. The topological polar surface area (TPSA) is 45.3 Å². The van der Waals surface area contributed by atoms with E-state index in [0.717, 1.165) is 49.1 Å². The van der Waals surface area contributed by atoms with Gasteiger partial charge in [0.2, 0.25) is 0 Å². The third-order valence-electron chi connectivity index (χ3n) is 4.04. The summed E-state index contributed by atoms with van der Waals surface area (Å²) in [5, 5.41) is 1.08. The summed E-state index contributed by atoms with van der Waals surface area (Å²) in [6.07, 6.45) is 3.97. The highest BCUT2D eigenvalue weighted by molar-refractivity contribution is 6.05. The van der Waals surface area contributed by atoms with Crippen molar-refractivity contribution >= 4 is 16.8 Å². The monoisotopic (exact) mass is 272 g/mol. The van der Waals surface area contributed by atoms with Gasteiger partial charge in [-0.3, -0.25) is 4.79 Å². The van der Waals surface area contributed by atoms with E-state index >= 15 is 0 Å². The summed E-state index contributed by atoms with van der Waals surface area (Å²) < 4.78 is 5.37. The summed E-state index contributed by atoms with van der Waals surface area (Å²) in [4.78, 5) is 17.6. The molecular formula is C16H20N2O2. The predicted molar refractivity (Wildman–Crippen MR) is 78.8 cm³/mol. The summed E-state index contributed by atoms with van der Waals surface area (Å²) in [5.74, 6) is 0.644. The molecule has 106 valence electrons. The number of ether oxygens (including phenoxy) is 1. The molecule has 1 aromatic heterocycles. The average molecular weight is 272 g/mol. The Morgan fingerprint density at radius 2 is 2.15 bits per heavy atom. The Bertz CT molecular complexity index is 599. The molecule has 20 heavy (non-hydrogen) atoms. The summed E-state index contributed by atoms with van der Waals surface area (Å²) in [6.45, 7) is 2.44. The van der Waals surface area contributed by atoms with E-state index in [1.165, 1.54) is 0 Å². The molecular weight excluding hydrogens is 252 g/mol. The Balaban J connectivity index is 1.75. The Hall–Kier alpha value is -1.81. The number of carbonyl (C=O) groups is 1. The number of rotatable bonds is 3. The molecule has 2 aromatic rings. The van der Waals surface area contributed by atoms with Gasteiger partial charge in [0.05, 0.1) is 11.1 Å². The van der Waals surface area contributed by atoms with E-state index in [4.69, 9.17) is 4.74 Å². The zero-order valence-electron chi connectivity index (χ0n) is 11.8. The van der Waals surface area contributed by atoms with Crippen molar-refractivity contribution in [1.29, 1.82) is 0 Å². The first kappa shape index (κ1) is 13.2. The van der Waals surface area contributed by atoms with Crippen LogP contribution in [0.4, 0.5) is 0 Å². The van der Waals surface area contributed by atoms with Crippen LogP contribution in [0.1, 0.15) is 23.2 Å². The number of H-pyrrole nitrogens is 1. The van der Waals surface area contributed by atoms with Gasteiger partial charge in [0.25, 0.3) is 5.91 Å². The van der Waals surface area contributed by atoms with Crippen molar-refractivity contribution in [3.63, 3.8) is 0 Å². The van der Waals surface area contributed by atoms with Gasteiger partial charge in [-0.15, -0.1) is 0 Å². The smallest absolute Gasteiger partial charge is 0.255 e. The molecule has 1 fully saturated rings. The maximum atomic E-state index is 12.6. The minimum Gasteiger partial charge on any atom is -0.381 e. The fourth-order valence-electron chi connectivity index (χ4n) is 2.87. The van der Waals surface area contributed by atoms with Crippen LogP contribution < -0.4 is 0 Å². The van der Waals surface area contributed by atoms with Crippen molar-refractivity contribution in [3.8, 4) is 0 Å². The van der Waals surface area contributed by atoms with Gasteiger partial charge in [-0.05, 0) is 30.9 Å². The number of hydrogen-bond donors (Lipinski definition) is 1. The number of amides is 1. The van der Waals surface area contributed by atoms with E-state index in [0.29, 0.717) is 5.92 Å². The molecule has 0 radical (unpaired) electrons. The zero-order valence-corrected chi connectivity index (χ0v) is 11.8. The molecule has 4 heteroatoms. The van der Waals surface area contributed by atoms with Gasteiger partial charge < -0.3 is 14.6 Å². The molecule has 1 N–H and O–H groups in total. The first-order valence-electron chi connectivity index (χ1n) is 7.15. The third-order valence-corrected chi connectivity index (χ3v) is 4.04. The van der Waals surface area contributed by atoms with Crippen molar-refractivity contribution in [2.45, 2.75) is 12.8 Å². The summed E-state index contributed by atoms with van der Waals surface area (Å²) in [6, 6.07) is 7.83. The van der Waals surface area contributed by atoms with Gasteiger partial charge in [-0.1, -0.05) is 12.1 Å². The Morgan fingerprint density at radius 3 is 2.95 bits per heavy atom. The number of nitrogens with one attached hydrogen (secondary N) is 1. The van der Waals surface area contributed by atoms with Gasteiger partial charge in [0, 0.05) is 38.4 Å². The Kier molecular flexibility index (Phi) is 3.74. The predicted octanol–water partition coefficient (Wildman–Crippen LogP) is 2.67. The molecule has 4 nitrogen and oxygen atoms in total. The number of aromatic nitrogens is 1. The fourth-order valence-corrected chi connectivity index (χ4v) is 2.87. The highest BCUT2D eigenvalue weighted by atomic mass is 16.5. The molecule has 0 bridgehead atoms. The lowest BCUT2D eigenvalue weighted by molar-refractivity contribution is 0.0498. The summed E-state index contributed by atoms with van der Waals surface area (Å²) in [7, 11) is 1.89. The quantitative estimate of drug-likeness (QED) is 0.933. The molecule has 0 unspecified atom stereocenters. The summed E-state index contributed by atoms with van der Waals surface area (Å²) >= 11 is 0. The van der Waals surface area contributed by atoms with Gasteiger partial charge >= 0.3 is 0 Å². The third kappa shape index (κ3) is 2.56. The van der Waals surface area contributed by atoms with E-state index in [9.17, 15) is 4.79 Å². The van der Waals surface area contributed by atoms with Crippen LogP contribution in [-0.2, 0) is 4.74 Å². The molecule has 1 amide bonds. The second kappa shape index (κ2) is 5.67. The molecule has 0 aliphatic carbocycles. The van der Waals surface area contributed by atoms with E-state index in [-0.39, 0.29) is 5.91 Å². The van der Waals surface area contributed by atoms with Crippen LogP contribution in [-0.4, -0.2) is 42.6 Å². The van der Waals surface area contributed by atoms with Crippen LogP contribution in [0.25, 0.3) is 10.9 Å². The number of nitrogens with zero attached hydrogens (tertiary/aromatic N) is 1. The van der Waals surface area contributed by atoms with Crippen LogP contribution in [0.3, 0.4) is 0 Å². The standard InChI is InChI=1S/C16H20N2O2/c1-18(11-12-6-9-20-10-7-12)16(19)14-4-2-3-13-5-8-17-15(13)14/h2-5,8,12,17H,6-7,9-11H2,1H3. The number of aromatic amines is 1. The highest BCUT2D eigenvalue weighted by Gasteiger charge is 2.20. The average Bonchev–Trinajstić information content (AvgIpc) is 2.96.